The quantitative estimate of drug-likeness (QED) is 0.145. The number of anilines is 1. The number of ether oxygens (including phenoxy) is 1. The second-order valence-electron chi connectivity index (χ2n) is 9.34. The first-order valence-electron chi connectivity index (χ1n) is 14.0. The molecule has 0 saturated heterocycles. The predicted octanol–water partition coefficient (Wildman–Crippen LogP) is 6.16. The highest BCUT2D eigenvalue weighted by atomic mass is 32.1. The SMILES string of the molecule is CC.CC(=O)Oc1ccc(CNC(=O)CCCn2c(C)nc3cc(C(=O)Nc4nc(-c5ccccn5)cs4)ccc32)cc1. The largest absolute Gasteiger partial charge is 0.427 e. The number of esters is 1. The van der Waals surface area contributed by atoms with Crippen LogP contribution in [0.2, 0.25) is 0 Å². The van der Waals surface area contributed by atoms with E-state index in [0.29, 0.717) is 53.6 Å². The van der Waals surface area contributed by atoms with Gasteiger partial charge in [-0.1, -0.05) is 32.0 Å². The Kier molecular flexibility index (Phi) is 10.7. The molecule has 11 heteroatoms. The number of aryl methyl sites for hydroxylation is 2. The van der Waals surface area contributed by atoms with E-state index < -0.39 is 0 Å². The molecule has 2 amide bonds. The number of amides is 2. The molecule has 10 nitrogen and oxygen atoms in total. The molecule has 222 valence electrons. The minimum Gasteiger partial charge on any atom is -0.427 e. The minimum atomic E-state index is -0.375. The van der Waals surface area contributed by atoms with Crippen molar-refractivity contribution in [2.45, 2.75) is 53.6 Å². The third kappa shape index (κ3) is 8.32. The van der Waals surface area contributed by atoms with E-state index >= 15 is 0 Å². The second kappa shape index (κ2) is 14.8. The van der Waals surface area contributed by atoms with Gasteiger partial charge in [0.2, 0.25) is 5.91 Å². The fourth-order valence-electron chi connectivity index (χ4n) is 4.33. The van der Waals surface area contributed by atoms with Gasteiger partial charge in [0.05, 0.1) is 16.7 Å². The smallest absolute Gasteiger partial charge is 0.308 e. The number of carbonyl (C=O) groups is 3. The maximum atomic E-state index is 12.9. The fourth-order valence-corrected chi connectivity index (χ4v) is 5.03. The molecule has 0 radical (unpaired) electrons. The van der Waals surface area contributed by atoms with Crippen LogP contribution in [0.3, 0.4) is 0 Å². The molecule has 3 heterocycles. The molecule has 0 bridgehead atoms. The standard InChI is InChI=1S/C30H28N6O4S.C2H6/c1-19-33-25-16-22(29(39)35-30-34-26(18-41-30)24-6-3-4-14-31-24)10-13-27(25)36(19)15-5-7-28(38)32-17-21-8-11-23(12-9-21)40-20(2)37;1-2/h3-4,6,8-14,16,18H,5,7,15,17H2,1-2H3,(H,32,38)(H,34,35,39);1-2H3. The van der Waals surface area contributed by atoms with E-state index in [1.165, 1.54) is 18.3 Å². The van der Waals surface area contributed by atoms with Gasteiger partial charge in [0.15, 0.2) is 5.13 Å². The summed E-state index contributed by atoms with van der Waals surface area (Å²) >= 11 is 1.34. The number of benzene rings is 2. The van der Waals surface area contributed by atoms with Gasteiger partial charge in [0.25, 0.3) is 5.91 Å². The van der Waals surface area contributed by atoms with Crippen molar-refractivity contribution in [1.29, 1.82) is 0 Å². The van der Waals surface area contributed by atoms with Gasteiger partial charge >= 0.3 is 5.97 Å². The van der Waals surface area contributed by atoms with Gasteiger partial charge in [-0.2, -0.15) is 0 Å². The van der Waals surface area contributed by atoms with E-state index in [-0.39, 0.29) is 17.8 Å². The van der Waals surface area contributed by atoms with Gasteiger partial charge in [0.1, 0.15) is 17.3 Å². The third-order valence-electron chi connectivity index (χ3n) is 6.31. The lowest BCUT2D eigenvalue weighted by Crippen LogP contribution is -2.22. The highest BCUT2D eigenvalue weighted by Crippen LogP contribution is 2.24. The summed E-state index contributed by atoms with van der Waals surface area (Å²) in [6.45, 7) is 8.27. The lowest BCUT2D eigenvalue weighted by molar-refractivity contribution is -0.131. The van der Waals surface area contributed by atoms with Crippen molar-refractivity contribution in [3.05, 3.63) is 89.2 Å². The Bertz CT molecular complexity index is 1700. The van der Waals surface area contributed by atoms with Crippen LogP contribution < -0.4 is 15.4 Å². The molecule has 0 aliphatic carbocycles. The van der Waals surface area contributed by atoms with Crippen LogP contribution in [-0.2, 0) is 22.7 Å². The zero-order valence-electron chi connectivity index (χ0n) is 24.6. The average molecular weight is 599 g/mol. The first-order valence-corrected chi connectivity index (χ1v) is 14.9. The zero-order valence-corrected chi connectivity index (χ0v) is 25.4. The van der Waals surface area contributed by atoms with Gasteiger partial charge in [-0.25, -0.2) is 9.97 Å². The lowest BCUT2D eigenvalue weighted by atomic mass is 10.2. The number of pyridine rings is 1. The number of fused-ring (bicyclic) bond motifs is 1. The third-order valence-corrected chi connectivity index (χ3v) is 7.07. The van der Waals surface area contributed by atoms with E-state index in [2.05, 4.69) is 30.2 Å². The first kappa shape index (κ1) is 31.0. The summed E-state index contributed by atoms with van der Waals surface area (Å²) in [5.74, 6) is 0.589. The summed E-state index contributed by atoms with van der Waals surface area (Å²) in [5, 5.41) is 8.13. The number of aromatic nitrogens is 4. The summed E-state index contributed by atoms with van der Waals surface area (Å²) in [6, 6.07) is 18.0. The molecule has 43 heavy (non-hydrogen) atoms. The van der Waals surface area contributed by atoms with Gasteiger partial charge in [-0.15, -0.1) is 11.3 Å². The van der Waals surface area contributed by atoms with Gasteiger partial charge in [-0.05, 0) is 61.4 Å². The summed E-state index contributed by atoms with van der Waals surface area (Å²) in [6.07, 6.45) is 2.70. The molecule has 0 spiro atoms. The molecule has 2 N–H and O–H groups in total. The molecule has 0 atom stereocenters. The number of nitrogens with one attached hydrogen (secondary N) is 2. The molecule has 5 aromatic rings. The average Bonchev–Trinajstić information content (AvgIpc) is 3.61. The van der Waals surface area contributed by atoms with Crippen molar-refractivity contribution in [2.24, 2.45) is 0 Å². The molecule has 0 saturated carbocycles. The molecule has 0 aliphatic rings. The first-order chi connectivity index (χ1) is 20.9. The van der Waals surface area contributed by atoms with Gasteiger partial charge in [0, 0.05) is 43.6 Å². The van der Waals surface area contributed by atoms with Crippen LogP contribution >= 0.6 is 11.3 Å². The number of imidazole rings is 1. The fraction of sp³-hybridized carbons (Fsp3) is 0.250. The van der Waals surface area contributed by atoms with Gasteiger partial charge < -0.3 is 14.6 Å². The van der Waals surface area contributed by atoms with Crippen LogP contribution in [0, 0.1) is 6.92 Å². The van der Waals surface area contributed by atoms with Crippen molar-refractivity contribution < 1.29 is 19.1 Å². The van der Waals surface area contributed by atoms with Crippen molar-refractivity contribution in [3.8, 4) is 17.1 Å². The number of hydrogen-bond acceptors (Lipinski definition) is 8. The molecule has 0 unspecified atom stereocenters. The summed E-state index contributed by atoms with van der Waals surface area (Å²) < 4.78 is 7.08. The van der Waals surface area contributed by atoms with Crippen LogP contribution in [-0.4, -0.2) is 37.3 Å². The molecule has 2 aromatic carbocycles. The van der Waals surface area contributed by atoms with E-state index in [1.807, 2.05) is 62.5 Å². The van der Waals surface area contributed by atoms with E-state index in [4.69, 9.17) is 4.74 Å². The Balaban J connectivity index is 0.00000207. The van der Waals surface area contributed by atoms with Crippen LogP contribution in [0.15, 0.2) is 72.2 Å². The number of carbonyl (C=O) groups excluding carboxylic acids is 3. The number of hydrogen-bond donors (Lipinski definition) is 2. The molecular weight excluding hydrogens is 564 g/mol. The zero-order chi connectivity index (χ0) is 30.8. The number of nitrogens with zero attached hydrogens (tertiary/aromatic N) is 4. The maximum Gasteiger partial charge on any atom is 0.308 e. The van der Waals surface area contributed by atoms with Crippen LogP contribution in [0.5, 0.6) is 5.75 Å². The number of thiazole rings is 1. The summed E-state index contributed by atoms with van der Waals surface area (Å²) in [7, 11) is 0. The second-order valence-corrected chi connectivity index (χ2v) is 10.2. The van der Waals surface area contributed by atoms with E-state index in [9.17, 15) is 14.4 Å². The van der Waals surface area contributed by atoms with Crippen LogP contribution in [0.1, 0.15) is 55.4 Å². The Morgan fingerprint density at radius 1 is 0.977 bits per heavy atom. The molecule has 0 aliphatic heterocycles. The minimum absolute atomic E-state index is 0.0523. The van der Waals surface area contributed by atoms with E-state index in [0.717, 1.165) is 22.6 Å². The van der Waals surface area contributed by atoms with Crippen LogP contribution in [0.4, 0.5) is 5.13 Å². The Labute approximate surface area is 254 Å². The Morgan fingerprint density at radius 2 is 1.77 bits per heavy atom. The van der Waals surface area contributed by atoms with Crippen molar-refractivity contribution in [3.63, 3.8) is 0 Å². The predicted molar refractivity (Wildman–Crippen MR) is 168 cm³/mol. The molecule has 0 fully saturated rings. The monoisotopic (exact) mass is 598 g/mol. The summed E-state index contributed by atoms with van der Waals surface area (Å²) in [4.78, 5) is 49.7. The molecule has 5 rings (SSSR count). The highest BCUT2D eigenvalue weighted by molar-refractivity contribution is 7.14. The maximum absolute atomic E-state index is 12.9. The van der Waals surface area contributed by atoms with Crippen LogP contribution in [0.25, 0.3) is 22.4 Å². The lowest BCUT2D eigenvalue weighted by Gasteiger charge is -2.09. The highest BCUT2D eigenvalue weighted by Gasteiger charge is 2.14. The topological polar surface area (TPSA) is 128 Å². The van der Waals surface area contributed by atoms with Crippen molar-refractivity contribution >= 4 is 45.3 Å². The normalized spacial score (nSPS) is 10.5. The number of rotatable bonds is 10. The molecule has 3 aromatic heterocycles. The molecular formula is C32H34N6O4S. The van der Waals surface area contributed by atoms with E-state index in [1.54, 1.807) is 30.5 Å². The van der Waals surface area contributed by atoms with Gasteiger partial charge in [-0.3, -0.25) is 24.7 Å². The Morgan fingerprint density at radius 3 is 2.49 bits per heavy atom. The van der Waals surface area contributed by atoms with Crippen molar-refractivity contribution in [2.75, 3.05) is 5.32 Å². The van der Waals surface area contributed by atoms with Crippen molar-refractivity contribution in [1.82, 2.24) is 24.8 Å². The summed E-state index contributed by atoms with van der Waals surface area (Å²) in [5.41, 5.74) is 4.46. The Hall–Kier alpha value is -4.90.